The fraction of sp³-hybridized carbons (Fsp3) is 0.818. The van der Waals surface area contributed by atoms with E-state index in [1.54, 1.807) is 0 Å². The SMILES string of the molecule is CCC/C(=C\CCC(C)C)CN. The van der Waals surface area contributed by atoms with Gasteiger partial charge in [-0.3, -0.25) is 0 Å². The Bertz CT molecular complexity index is 125. The Morgan fingerprint density at radius 2 is 2.08 bits per heavy atom. The highest BCUT2D eigenvalue weighted by atomic mass is 14.5. The maximum absolute atomic E-state index is 5.61. The zero-order valence-electron chi connectivity index (χ0n) is 8.77. The molecule has 0 aromatic carbocycles. The summed E-state index contributed by atoms with van der Waals surface area (Å²) >= 11 is 0. The molecule has 0 atom stereocenters. The summed E-state index contributed by atoms with van der Waals surface area (Å²) in [5.41, 5.74) is 7.04. The average molecular weight is 169 g/mol. The molecule has 1 nitrogen and oxygen atoms in total. The van der Waals surface area contributed by atoms with Crippen LogP contribution in [-0.2, 0) is 0 Å². The van der Waals surface area contributed by atoms with E-state index < -0.39 is 0 Å². The summed E-state index contributed by atoms with van der Waals surface area (Å²) in [5, 5.41) is 0. The van der Waals surface area contributed by atoms with Crippen molar-refractivity contribution in [3.8, 4) is 0 Å². The number of rotatable bonds is 6. The van der Waals surface area contributed by atoms with E-state index in [0.717, 1.165) is 12.5 Å². The standard InChI is InChI=1S/C11H23N/c1-4-6-11(9-12)8-5-7-10(2)3/h8,10H,4-7,9,12H2,1-3H3/b11-8+. The second kappa shape index (κ2) is 7.35. The third-order valence-corrected chi connectivity index (χ3v) is 2.01. The Morgan fingerprint density at radius 1 is 1.42 bits per heavy atom. The fourth-order valence-corrected chi connectivity index (χ4v) is 1.23. The zero-order chi connectivity index (χ0) is 9.40. The number of allylic oxidation sites excluding steroid dienone is 1. The van der Waals surface area contributed by atoms with Crippen molar-refractivity contribution in [2.75, 3.05) is 6.54 Å². The van der Waals surface area contributed by atoms with Crippen LogP contribution in [0, 0.1) is 5.92 Å². The molecule has 0 saturated heterocycles. The summed E-state index contributed by atoms with van der Waals surface area (Å²) in [7, 11) is 0. The van der Waals surface area contributed by atoms with Crippen LogP contribution < -0.4 is 5.73 Å². The molecule has 0 aliphatic rings. The van der Waals surface area contributed by atoms with E-state index in [2.05, 4.69) is 26.8 Å². The first-order valence-corrected chi connectivity index (χ1v) is 5.08. The van der Waals surface area contributed by atoms with Crippen LogP contribution in [0.15, 0.2) is 11.6 Å². The molecule has 0 heterocycles. The van der Waals surface area contributed by atoms with Gasteiger partial charge in [-0.1, -0.05) is 38.8 Å². The quantitative estimate of drug-likeness (QED) is 0.607. The maximum Gasteiger partial charge on any atom is 0.0136 e. The van der Waals surface area contributed by atoms with Crippen LogP contribution in [0.25, 0.3) is 0 Å². The highest BCUT2D eigenvalue weighted by Crippen LogP contribution is 2.09. The van der Waals surface area contributed by atoms with Gasteiger partial charge in [0.1, 0.15) is 0 Å². The van der Waals surface area contributed by atoms with Crippen molar-refractivity contribution < 1.29 is 0 Å². The molecule has 2 N–H and O–H groups in total. The molecule has 0 aliphatic heterocycles. The molecule has 0 amide bonds. The third kappa shape index (κ3) is 6.41. The van der Waals surface area contributed by atoms with Gasteiger partial charge < -0.3 is 5.73 Å². The van der Waals surface area contributed by atoms with Gasteiger partial charge >= 0.3 is 0 Å². The van der Waals surface area contributed by atoms with Crippen LogP contribution >= 0.6 is 0 Å². The van der Waals surface area contributed by atoms with Crippen molar-refractivity contribution in [2.45, 2.75) is 46.5 Å². The van der Waals surface area contributed by atoms with E-state index in [4.69, 9.17) is 5.73 Å². The lowest BCUT2D eigenvalue weighted by molar-refractivity contribution is 0.592. The predicted octanol–water partition coefficient (Wildman–Crippen LogP) is 3.11. The molecule has 0 aromatic rings. The lowest BCUT2D eigenvalue weighted by atomic mass is 10.0. The summed E-state index contributed by atoms with van der Waals surface area (Å²) in [6.45, 7) is 7.46. The molecule has 1 heteroatoms. The first kappa shape index (κ1) is 11.7. The summed E-state index contributed by atoms with van der Waals surface area (Å²) in [6, 6.07) is 0. The van der Waals surface area contributed by atoms with E-state index in [9.17, 15) is 0 Å². The topological polar surface area (TPSA) is 26.0 Å². The molecule has 0 fully saturated rings. The molecule has 12 heavy (non-hydrogen) atoms. The first-order chi connectivity index (χ1) is 5.70. The van der Waals surface area contributed by atoms with Gasteiger partial charge in [-0.05, 0) is 25.2 Å². The summed E-state index contributed by atoms with van der Waals surface area (Å²) in [5.74, 6) is 0.807. The van der Waals surface area contributed by atoms with Crippen LogP contribution in [-0.4, -0.2) is 6.54 Å². The van der Waals surface area contributed by atoms with E-state index in [-0.39, 0.29) is 0 Å². The molecular weight excluding hydrogens is 146 g/mol. The van der Waals surface area contributed by atoms with E-state index in [1.807, 2.05) is 0 Å². The fourth-order valence-electron chi connectivity index (χ4n) is 1.23. The lowest BCUT2D eigenvalue weighted by Crippen LogP contribution is -2.02. The zero-order valence-corrected chi connectivity index (χ0v) is 8.77. The van der Waals surface area contributed by atoms with E-state index in [0.29, 0.717) is 0 Å². The molecule has 0 rings (SSSR count). The van der Waals surface area contributed by atoms with Gasteiger partial charge in [0.05, 0.1) is 0 Å². The second-order valence-electron chi connectivity index (χ2n) is 3.79. The normalized spacial score (nSPS) is 12.6. The van der Waals surface area contributed by atoms with Crippen LogP contribution in [0.1, 0.15) is 46.5 Å². The second-order valence-corrected chi connectivity index (χ2v) is 3.79. The largest absolute Gasteiger partial charge is 0.327 e. The Kier molecular flexibility index (Phi) is 7.17. The van der Waals surface area contributed by atoms with Crippen molar-refractivity contribution in [1.82, 2.24) is 0 Å². The minimum absolute atomic E-state index is 0.742. The first-order valence-electron chi connectivity index (χ1n) is 5.08. The summed E-state index contributed by atoms with van der Waals surface area (Å²) < 4.78 is 0. The van der Waals surface area contributed by atoms with Gasteiger partial charge in [0.25, 0.3) is 0 Å². The Hall–Kier alpha value is -0.300. The smallest absolute Gasteiger partial charge is 0.0136 e. The average Bonchev–Trinajstić information content (AvgIpc) is 2.02. The van der Waals surface area contributed by atoms with Gasteiger partial charge in [-0.25, -0.2) is 0 Å². The van der Waals surface area contributed by atoms with Crippen LogP contribution in [0.2, 0.25) is 0 Å². The van der Waals surface area contributed by atoms with Gasteiger partial charge in [0.2, 0.25) is 0 Å². The van der Waals surface area contributed by atoms with Crippen molar-refractivity contribution in [1.29, 1.82) is 0 Å². The molecule has 0 spiro atoms. The van der Waals surface area contributed by atoms with Crippen molar-refractivity contribution in [3.63, 3.8) is 0 Å². The summed E-state index contributed by atoms with van der Waals surface area (Å²) in [4.78, 5) is 0. The van der Waals surface area contributed by atoms with Crippen molar-refractivity contribution >= 4 is 0 Å². The highest BCUT2D eigenvalue weighted by Gasteiger charge is 1.94. The molecular formula is C11H23N. The summed E-state index contributed by atoms with van der Waals surface area (Å²) in [6.07, 6.45) is 7.19. The molecule has 0 unspecified atom stereocenters. The predicted molar refractivity (Wildman–Crippen MR) is 56.1 cm³/mol. The van der Waals surface area contributed by atoms with Crippen molar-refractivity contribution in [2.24, 2.45) is 11.7 Å². The molecule has 0 bridgehead atoms. The van der Waals surface area contributed by atoms with Gasteiger partial charge in [0, 0.05) is 6.54 Å². The van der Waals surface area contributed by atoms with Gasteiger partial charge in [-0.2, -0.15) is 0 Å². The van der Waals surface area contributed by atoms with Crippen LogP contribution in [0.3, 0.4) is 0 Å². The highest BCUT2D eigenvalue weighted by molar-refractivity contribution is 5.03. The Morgan fingerprint density at radius 3 is 2.50 bits per heavy atom. The Labute approximate surface area is 77.0 Å². The van der Waals surface area contributed by atoms with Crippen molar-refractivity contribution in [3.05, 3.63) is 11.6 Å². The van der Waals surface area contributed by atoms with Crippen LogP contribution in [0.4, 0.5) is 0 Å². The number of nitrogens with two attached hydrogens (primary N) is 1. The van der Waals surface area contributed by atoms with Crippen LogP contribution in [0.5, 0.6) is 0 Å². The molecule has 0 radical (unpaired) electrons. The van der Waals surface area contributed by atoms with E-state index in [1.165, 1.54) is 31.3 Å². The minimum atomic E-state index is 0.742. The number of hydrogen-bond acceptors (Lipinski definition) is 1. The van der Waals surface area contributed by atoms with E-state index >= 15 is 0 Å². The maximum atomic E-state index is 5.61. The third-order valence-electron chi connectivity index (χ3n) is 2.01. The lowest BCUT2D eigenvalue weighted by Gasteiger charge is -2.04. The molecule has 0 saturated carbocycles. The Balaban J connectivity index is 3.62. The minimum Gasteiger partial charge on any atom is -0.327 e. The molecule has 72 valence electrons. The van der Waals surface area contributed by atoms with Gasteiger partial charge in [0.15, 0.2) is 0 Å². The van der Waals surface area contributed by atoms with Gasteiger partial charge in [-0.15, -0.1) is 0 Å². The molecule has 0 aromatic heterocycles. The molecule has 0 aliphatic carbocycles. The monoisotopic (exact) mass is 169 g/mol. The number of hydrogen-bond donors (Lipinski definition) is 1.